The lowest BCUT2D eigenvalue weighted by molar-refractivity contribution is 0.0413. The fraction of sp³-hybridized carbons (Fsp3) is 0.625. The minimum Gasteiger partial charge on any atom is -0.377 e. The van der Waals surface area contributed by atoms with E-state index in [0.29, 0.717) is 5.92 Å². The summed E-state index contributed by atoms with van der Waals surface area (Å²) < 4.78 is 5.70. The van der Waals surface area contributed by atoms with Gasteiger partial charge in [-0.3, -0.25) is 0 Å². The third kappa shape index (κ3) is 4.43. The van der Waals surface area contributed by atoms with Gasteiger partial charge in [0.05, 0.1) is 12.1 Å². The second-order valence-electron chi connectivity index (χ2n) is 5.27. The van der Waals surface area contributed by atoms with E-state index in [0.717, 1.165) is 19.4 Å². The van der Waals surface area contributed by atoms with Gasteiger partial charge in [0.2, 0.25) is 0 Å². The van der Waals surface area contributed by atoms with Crippen LogP contribution in [-0.4, -0.2) is 12.7 Å². The van der Waals surface area contributed by atoms with Crippen LogP contribution in [0, 0.1) is 5.92 Å². The Balaban J connectivity index is 2.81. The Morgan fingerprint density at radius 1 is 1.22 bits per heavy atom. The van der Waals surface area contributed by atoms with Gasteiger partial charge >= 0.3 is 0 Å². The Kier molecular flexibility index (Phi) is 6.37. The largest absolute Gasteiger partial charge is 0.377 e. The van der Waals surface area contributed by atoms with Gasteiger partial charge in [0.1, 0.15) is 0 Å². The molecule has 2 N–H and O–H groups in total. The lowest BCUT2D eigenvalue weighted by atomic mass is 9.95. The summed E-state index contributed by atoms with van der Waals surface area (Å²) in [4.78, 5) is 0. The normalized spacial score (nSPS) is 14.8. The Bertz CT molecular complexity index is 349. The fourth-order valence-electron chi connectivity index (χ4n) is 2.30. The van der Waals surface area contributed by atoms with Gasteiger partial charge in [0.15, 0.2) is 0 Å². The summed E-state index contributed by atoms with van der Waals surface area (Å²) in [6.45, 7) is 9.34. The van der Waals surface area contributed by atoms with Crippen molar-refractivity contribution < 1.29 is 4.74 Å². The van der Waals surface area contributed by atoms with Gasteiger partial charge in [-0.2, -0.15) is 0 Å². The highest BCUT2D eigenvalue weighted by atomic mass is 16.5. The van der Waals surface area contributed by atoms with E-state index < -0.39 is 0 Å². The summed E-state index contributed by atoms with van der Waals surface area (Å²) in [5.74, 6) is 0.672. The molecule has 2 heteroatoms. The van der Waals surface area contributed by atoms with E-state index in [9.17, 15) is 0 Å². The van der Waals surface area contributed by atoms with Crippen molar-refractivity contribution in [2.45, 2.75) is 52.7 Å². The zero-order valence-corrected chi connectivity index (χ0v) is 12.1. The molecule has 1 rings (SSSR count). The molecule has 0 aliphatic rings. The molecular weight excluding hydrogens is 222 g/mol. The molecule has 0 aliphatic heterocycles. The van der Waals surface area contributed by atoms with E-state index in [1.165, 1.54) is 11.1 Å². The fourth-order valence-corrected chi connectivity index (χ4v) is 2.30. The molecule has 2 atom stereocenters. The highest BCUT2D eigenvalue weighted by Gasteiger charge is 2.18. The molecule has 0 saturated carbocycles. The molecule has 0 amide bonds. The smallest absolute Gasteiger partial charge is 0.0764 e. The van der Waals surface area contributed by atoms with Crippen LogP contribution in [0.15, 0.2) is 24.3 Å². The molecule has 0 aliphatic carbocycles. The minimum absolute atomic E-state index is 0.0259. The number of benzene rings is 1. The van der Waals surface area contributed by atoms with Crippen molar-refractivity contribution in [3.05, 3.63) is 35.4 Å². The predicted octanol–water partition coefficient (Wildman–Crippen LogP) is 3.70. The van der Waals surface area contributed by atoms with Gasteiger partial charge in [-0.1, -0.05) is 45.0 Å². The van der Waals surface area contributed by atoms with Crippen LogP contribution in [-0.2, 0) is 11.2 Å². The van der Waals surface area contributed by atoms with Crippen LogP contribution in [0.1, 0.15) is 51.3 Å². The monoisotopic (exact) mass is 249 g/mol. The molecule has 2 nitrogen and oxygen atoms in total. The van der Waals surface area contributed by atoms with Crippen LogP contribution in [0.5, 0.6) is 0 Å². The number of ether oxygens (including phenoxy) is 1. The lowest BCUT2D eigenvalue weighted by Gasteiger charge is -2.23. The number of hydrogen-bond acceptors (Lipinski definition) is 2. The van der Waals surface area contributed by atoms with Crippen molar-refractivity contribution in [3.8, 4) is 0 Å². The van der Waals surface area contributed by atoms with E-state index in [4.69, 9.17) is 10.5 Å². The SMILES string of the molecule is CCOC(CC)C(N)c1cccc(CC(C)C)c1. The molecule has 0 aromatic heterocycles. The second kappa shape index (κ2) is 7.55. The highest BCUT2D eigenvalue weighted by molar-refractivity contribution is 5.27. The van der Waals surface area contributed by atoms with Crippen LogP contribution in [0.25, 0.3) is 0 Å². The van der Waals surface area contributed by atoms with Crippen molar-refractivity contribution in [1.82, 2.24) is 0 Å². The quantitative estimate of drug-likeness (QED) is 0.799. The third-order valence-electron chi connectivity index (χ3n) is 3.16. The molecule has 0 bridgehead atoms. The van der Waals surface area contributed by atoms with E-state index in [1.807, 2.05) is 6.92 Å². The van der Waals surface area contributed by atoms with E-state index in [1.54, 1.807) is 0 Å². The topological polar surface area (TPSA) is 35.2 Å². The molecule has 0 fully saturated rings. The maximum absolute atomic E-state index is 6.31. The van der Waals surface area contributed by atoms with Gasteiger partial charge < -0.3 is 10.5 Å². The Hall–Kier alpha value is -0.860. The van der Waals surface area contributed by atoms with Crippen molar-refractivity contribution in [2.75, 3.05) is 6.61 Å². The zero-order chi connectivity index (χ0) is 13.5. The Morgan fingerprint density at radius 2 is 1.94 bits per heavy atom. The first-order valence-electron chi connectivity index (χ1n) is 7.04. The molecule has 0 saturated heterocycles. The Morgan fingerprint density at radius 3 is 2.50 bits per heavy atom. The van der Waals surface area contributed by atoms with E-state index in [2.05, 4.69) is 45.0 Å². The van der Waals surface area contributed by atoms with Crippen molar-refractivity contribution in [1.29, 1.82) is 0 Å². The van der Waals surface area contributed by atoms with Crippen LogP contribution in [0.3, 0.4) is 0 Å². The molecule has 102 valence electrons. The molecule has 1 aromatic rings. The summed E-state index contributed by atoms with van der Waals surface area (Å²) in [7, 11) is 0. The molecule has 0 radical (unpaired) electrons. The minimum atomic E-state index is -0.0259. The molecular formula is C16H27NO. The molecule has 2 unspecified atom stereocenters. The van der Waals surface area contributed by atoms with Gasteiger partial charge in [-0.05, 0) is 36.8 Å². The lowest BCUT2D eigenvalue weighted by Crippen LogP contribution is -2.28. The van der Waals surface area contributed by atoms with Crippen LogP contribution >= 0.6 is 0 Å². The summed E-state index contributed by atoms with van der Waals surface area (Å²) in [6, 6.07) is 8.59. The first-order chi connectivity index (χ1) is 8.58. The van der Waals surface area contributed by atoms with Crippen LogP contribution in [0.4, 0.5) is 0 Å². The van der Waals surface area contributed by atoms with Crippen LogP contribution < -0.4 is 5.73 Å². The number of rotatable bonds is 7. The molecule has 1 aromatic carbocycles. The Labute approximate surface area is 112 Å². The maximum atomic E-state index is 6.31. The number of nitrogens with two attached hydrogens (primary N) is 1. The standard InChI is InChI=1S/C16H27NO/c1-5-15(18-6-2)16(17)14-9-7-8-13(11-14)10-12(3)4/h7-9,11-12,15-16H,5-6,10,17H2,1-4H3. The average molecular weight is 249 g/mol. The predicted molar refractivity (Wildman–Crippen MR) is 77.6 cm³/mol. The van der Waals surface area contributed by atoms with Crippen LogP contribution in [0.2, 0.25) is 0 Å². The summed E-state index contributed by atoms with van der Waals surface area (Å²) in [5.41, 5.74) is 8.86. The van der Waals surface area contributed by atoms with E-state index in [-0.39, 0.29) is 12.1 Å². The summed E-state index contributed by atoms with van der Waals surface area (Å²) in [6.07, 6.45) is 2.17. The summed E-state index contributed by atoms with van der Waals surface area (Å²) in [5, 5.41) is 0. The van der Waals surface area contributed by atoms with Gasteiger partial charge in [-0.25, -0.2) is 0 Å². The van der Waals surface area contributed by atoms with Crippen molar-refractivity contribution in [2.24, 2.45) is 11.7 Å². The first kappa shape index (κ1) is 15.2. The maximum Gasteiger partial charge on any atom is 0.0764 e. The van der Waals surface area contributed by atoms with Gasteiger partial charge in [0.25, 0.3) is 0 Å². The van der Waals surface area contributed by atoms with Crippen molar-refractivity contribution in [3.63, 3.8) is 0 Å². The van der Waals surface area contributed by atoms with Gasteiger partial charge in [0, 0.05) is 6.61 Å². The first-order valence-corrected chi connectivity index (χ1v) is 7.04. The number of hydrogen-bond donors (Lipinski definition) is 1. The zero-order valence-electron chi connectivity index (χ0n) is 12.1. The van der Waals surface area contributed by atoms with Crippen molar-refractivity contribution >= 4 is 0 Å². The van der Waals surface area contributed by atoms with E-state index >= 15 is 0 Å². The van der Waals surface area contributed by atoms with Gasteiger partial charge in [-0.15, -0.1) is 0 Å². The average Bonchev–Trinajstić information content (AvgIpc) is 2.34. The second-order valence-corrected chi connectivity index (χ2v) is 5.27. The molecule has 0 heterocycles. The highest BCUT2D eigenvalue weighted by Crippen LogP contribution is 2.21. The third-order valence-corrected chi connectivity index (χ3v) is 3.16. The molecule has 0 spiro atoms. The molecule has 18 heavy (non-hydrogen) atoms. The summed E-state index contributed by atoms with van der Waals surface area (Å²) >= 11 is 0.